The molecule has 1 aliphatic heterocycles. The Hall–Kier alpha value is -3.49. The molecule has 6 nitrogen and oxygen atoms in total. The van der Waals surface area contributed by atoms with Crippen molar-refractivity contribution in [3.05, 3.63) is 81.6 Å². The number of aliphatic hydroxyl groups is 1. The van der Waals surface area contributed by atoms with Gasteiger partial charge in [-0.3, -0.25) is 14.5 Å². The van der Waals surface area contributed by atoms with Crippen LogP contribution in [0.2, 0.25) is 0 Å². The molecule has 0 aliphatic carbocycles. The molecule has 0 saturated carbocycles. The molecule has 2 aromatic carbocycles. The second-order valence-corrected chi connectivity index (χ2v) is 9.37. The third-order valence-corrected chi connectivity index (χ3v) is 7.31. The van der Waals surface area contributed by atoms with Crippen LogP contribution in [0.3, 0.4) is 0 Å². The van der Waals surface area contributed by atoms with Crippen molar-refractivity contribution in [2.24, 2.45) is 0 Å². The highest BCUT2D eigenvalue weighted by Gasteiger charge is 2.48. The monoisotopic (exact) mass is 462 g/mol. The Morgan fingerprint density at radius 2 is 1.91 bits per heavy atom. The number of thiophene rings is 1. The number of thiazole rings is 1. The maximum atomic E-state index is 13.2. The number of aliphatic hydroxyl groups excluding tert-OH is 1. The highest BCUT2D eigenvalue weighted by molar-refractivity contribution is 7.22. The zero-order valence-corrected chi connectivity index (χ0v) is 18.9. The molecule has 1 unspecified atom stereocenters. The average molecular weight is 463 g/mol. The molecule has 1 atom stereocenters. The molecule has 1 N–H and O–H groups in total. The number of fused-ring (bicyclic) bond motifs is 1. The first-order valence-electron chi connectivity index (χ1n) is 9.84. The van der Waals surface area contributed by atoms with Crippen molar-refractivity contribution in [3.63, 3.8) is 0 Å². The van der Waals surface area contributed by atoms with Crippen LogP contribution in [0.5, 0.6) is 5.75 Å². The lowest BCUT2D eigenvalue weighted by molar-refractivity contribution is -0.132. The molecule has 32 heavy (non-hydrogen) atoms. The fourth-order valence-corrected chi connectivity index (χ4v) is 5.58. The van der Waals surface area contributed by atoms with Crippen LogP contribution in [0.1, 0.15) is 22.0 Å². The molecule has 0 radical (unpaired) electrons. The van der Waals surface area contributed by atoms with Gasteiger partial charge in [-0.1, -0.05) is 47.2 Å². The molecule has 160 valence electrons. The standard InChI is InChI=1S/C24H18N2O4S2/c1-13-5-7-14(8-6-13)21(27)19-20(17-4-3-11-31-17)26(23(29)22(19)28)24-25-16-10-9-15(30-2)12-18(16)32-24/h3-12,20,27H,1-2H3. The molecule has 3 heterocycles. The Morgan fingerprint density at radius 1 is 1.12 bits per heavy atom. The van der Waals surface area contributed by atoms with Crippen LogP contribution >= 0.6 is 22.7 Å². The van der Waals surface area contributed by atoms with Gasteiger partial charge in [0.05, 0.1) is 22.9 Å². The fourth-order valence-electron chi connectivity index (χ4n) is 3.74. The number of Topliss-reactive ketones (excluding diaryl/α,β-unsaturated/α-hetero) is 1. The highest BCUT2D eigenvalue weighted by Crippen LogP contribution is 2.45. The predicted octanol–water partition coefficient (Wildman–Crippen LogP) is 5.30. The van der Waals surface area contributed by atoms with E-state index in [9.17, 15) is 14.7 Å². The number of carbonyl (C=O) groups is 2. The lowest BCUT2D eigenvalue weighted by Crippen LogP contribution is -2.28. The van der Waals surface area contributed by atoms with Crippen molar-refractivity contribution in [1.82, 2.24) is 4.98 Å². The van der Waals surface area contributed by atoms with E-state index in [0.717, 1.165) is 15.1 Å². The van der Waals surface area contributed by atoms with Crippen molar-refractivity contribution in [2.75, 3.05) is 12.0 Å². The molecule has 0 spiro atoms. The Morgan fingerprint density at radius 3 is 2.59 bits per heavy atom. The summed E-state index contributed by atoms with van der Waals surface area (Å²) in [5, 5.41) is 13.4. The number of ether oxygens (including phenoxy) is 1. The molecule has 1 fully saturated rings. The number of hydrogen-bond donors (Lipinski definition) is 1. The summed E-state index contributed by atoms with van der Waals surface area (Å²) >= 11 is 2.72. The quantitative estimate of drug-likeness (QED) is 0.253. The highest BCUT2D eigenvalue weighted by atomic mass is 32.1. The van der Waals surface area contributed by atoms with Crippen molar-refractivity contribution in [2.45, 2.75) is 13.0 Å². The van der Waals surface area contributed by atoms with Crippen molar-refractivity contribution >= 4 is 55.5 Å². The van der Waals surface area contributed by atoms with Gasteiger partial charge in [0.15, 0.2) is 5.13 Å². The van der Waals surface area contributed by atoms with Gasteiger partial charge in [-0.25, -0.2) is 4.98 Å². The number of aromatic nitrogens is 1. The molecule has 1 saturated heterocycles. The van der Waals surface area contributed by atoms with Crippen molar-refractivity contribution < 1.29 is 19.4 Å². The number of nitrogens with zero attached hydrogens (tertiary/aromatic N) is 2. The van der Waals surface area contributed by atoms with Crippen LogP contribution in [-0.2, 0) is 9.59 Å². The number of aryl methyl sites for hydroxylation is 1. The van der Waals surface area contributed by atoms with Gasteiger partial charge in [0.1, 0.15) is 17.6 Å². The van der Waals surface area contributed by atoms with Crippen molar-refractivity contribution in [3.8, 4) is 5.75 Å². The van der Waals surface area contributed by atoms with Gasteiger partial charge < -0.3 is 9.84 Å². The number of hydrogen-bond acceptors (Lipinski definition) is 7. The molecular weight excluding hydrogens is 444 g/mol. The van der Waals surface area contributed by atoms with E-state index in [2.05, 4.69) is 4.98 Å². The summed E-state index contributed by atoms with van der Waals surface area (Å²) in [6.45, 7) is 1.94. The van der Waals surface area contributed by atoms with E-state index < -0.39 is 17.7 Å². The second-order valence-electron chi connectivity index (χ2n) is 7.38. The fraction of sp³-hybridized carbons (Fsp3) is 0.125. The Kier molecular flexibility index (Phi) is 5.03. The van der Waals surface area contributed by atoms with Crippen LogP contribution < -0.4 is 9.64 Å². The lowest BCUT2D eigenvalue weighted by Gasteiger charge is -2.21. The predicted molar refractivity (Wildman–Crippen MR) is 126 cm³/mol. The number of ketones is 1. The smallest absolute Gasteiger partial charge is 0.301 e. The van der Waals surface area contributed by atoms with E-state index in [-0.39, 0.29) is 11.3 Å². The van der Waals surface area contributed by atoms with Crippen LogP contribution in [0.25, 0.3) is 16.0 Å². The van der Waals surface area contributed by atoms with Crippen LogP contribution in [0, 0.1) is 6.92 Å². The number of benzene rings is 2. The van der Waals surface area contributed by atoms with Gasteiger partial charge in [0, 0.05) is 10.4 Å². The molecular formula is C24H18N2O4S2. The first kappa shape index (κ1) is 20.4. The third kappa shape index (κ3) is 3.28. The van der Waals surface area contributed by atoms with E-state index in [4.69, 9.17) is 4.74 Å². The molecule has 2 aromatic heterocycles. The number of carbonyl (C=O) groups excluding carboxylic acids is 2. The Bertz CT molecular complexity index is 1370. The molecule has 0 bridgehead atoms. The van der Waals surface area contributed by atoms with Gasteiger partial charge in [-0.2, -0.15) is 0 Å². The average Bonchev–Trinajstić information content (AvgIpc) is 3.52. The van der Waals surface area contributed by atoms with E-state index in [1.807, 2.05) is 48.7 Å². The first-order valence-corrected chi connectivity index (χ1v) is 11.5. The topological polar surface area (TPSA) is 79.7 Å². The summed E-state index contributed by atoms with van der Waals surface area (Å²) in [6.07, 6.45) is 0. The van der Waals surface area contributed by atoms with E-state index in [1.54, 1.807) is 25.3 Å². The SMILES string of the molecule is COc1ccc2nc(N3C(=O)C(=O)C(=C(O)c4ccc(C)cc4)C3c3cccs3)sc2c1. The largest absolute Gasteiger partial charge is 0.507 e. The first-order chi connectivity index (χ1) is 15.5. The van der Waals surface area contributed by atoms with E-state index >= 15 is 0 Å². The summed E-state index contributed by atoms with van der Waals surface area (Å²) in [7, 11) is 1.59. The number of anilines is 1. The van der Waals surface area contributed by atoms with Crippen LogP contribution in [0.4, 0.5) is 5.13 Å². The molecule has 1 aliphatic rings. The summed E-state index contributed by atoms with van der Waals surface area (Å²) in [5.41, 5.74) is 2.29. The summed E-state index contributed by atoms with van der Waals surface area (Å²) in [5.74, 6) is -0.933. The van der Waals surface area contributed by atoms with E-state index in [1.165, 1.54) is 27.6 Å². The maximum Gasteiger partial charge on any atom is 0.301 e. The molecule has 8 heteroatoms. The Balaban J connectivity index is 1.69. The summed E-state index contributed by atoms with van der Waals surface area (Å²) in [6, 6.07) is 15.6. The normalized spacial score (nSPS) is 17.9. The van der Waals surface area contributed by atoms with E-state index in [0.29, 0.717) is 22.0 Å². The Labute approximate surface area is 192 Å². The second kappa shape index (κ2) is 7.89. The van der Waals surface area contributed by atoms with Gasteiger partial charge >= 0.3 is 5.91 Å². The lowest BCUT2D eigenvalue weighted by atomic mass is 9.99. The molecule has 5 rings (SSSR count). The molecule has 1 amide bonds. The zero-order chi connectivity index (χ0) is 22.4. The minimum Gasteiger partial charge on any atom is -0.507 e. The van der Waals surface area contributed by atoms with Gasteiger partial charge in [-0.15, -0.1) is 11.3 Å². The number of methoxy groups -OCH3 is 1. The van der Waals surface area contributed by atoms with Gasteiger partial charge in [-0.05, 0) is 36.6 Å². The van der Waals surface area contributed by atoms with Crippen LogP contribution in [-0.4, -0.2) is 28.9 Å². The third-order valence-electron chi connectivity index (χ3n) is 5.37. The van der Waals surface area contributed by atoms with Gasteiger partial charge in [0.25, 0.3) is 5.78 Å². The number of amides is 1. The zero-order valence-electron chi connectivity index (χ0n) is 17.2. The molecule has 4 aromatic rings. The minimum absolute atomic E-state index is 0.0677. The van der Waals surface area contributed by atoms with Gasteiger partial charge in [0.2, 0.25) is 0 Å². The summed E-state index contributed by atoms with van der Waals surface area (Å²) < 4.78 is 6.12. The summed E-state index contributed by atoms with van der Waals surface area (Å²) in [4.78, 5) is 33.1. The van der Waals surface area contributed by atoms with Crippen molar-refractivity contribution in [1.29, 1.82) is 0 Å². The maximum absolute atomic E-state index is 13.2. The number of rotatable bonds is 4. The van der Waals surface area contributed by atoms with Crippen LogP contribution in [0.15, 0.2) is 65.6 Å². The minimum atomic E-state index is -0.751.